The summed E-state index contributed by atoms with van der Waals surface area (Å²) >= 11 is 0. The van der Waals surface area contributed by atoms with Crippen molar-refractivity contribution < 1.29 is 10.0 Å². The summed E-state index contributed by atoms with van der Waals surface area (Å²) in [5.74, 6) is 0. The van der Waals surface area contributed by atoms with Crippen LogP contribution in [0.2, 0.25) is 0 Å². The molecule has 0 fully saturated rings. The van der Waals surface area contributed by atoms with Gasteiger partial charge in [0.25, 0.3) is 0 Å². The molecule has 0 saturated heterocycles. The molecule has 0 aliphatic rings. The van der Waals surface area contributed by atoms with Crippen LogP contribution >= 0.6 is 0 Å². The average Bonchev–Trinajstić information content (AvgIpc) is 2.57. The molecule has 0 aliphatic heterocycles. The van der Waals surface area contributed by atoms with Gasteiger partial charge in [-0.05, 0) is 51.4 Å². The lowest BCUT2D eigenvalue weighted by Gasteiger charge is -2.03. The molecule has 0 heterocycles. The van der Waals surface area contributed by atoms with Gasteiger partial charge in [0.1, 0.15) is 6.10 Å². The van der Waals surface area contributed by atoms with E-state index in [9.17, 15) is 15.2 Å². The Kier molecular flexibility index (Phi) is 17.4. The van der Waals surface area contributed by atoms with Crippen molar-refractivity contribution in [2.45, 2.75) is 77.2 Å². The lowest BCUT2D eigenvalue weighted by Crippen LogP contribution is -2.18. The molecular formula is C21H35NO3. The zero-order valence-corrected chi connectivity index (χ0v) is 15.7. The van der Waals surface area contributed by atoms with E-state index < -0.39 is 11.0 Å². The highest BCUT2D eigenvalue weighted by Crippen LogP contribution is 2.03. The minimum absolute atomic E-state index is 0.353. The summed E-state index contributed by atoms with van der Waals surface area (Å²) in [6.45, 7) is 1.87. The van der Waals surface area contributed by atoms with Crippen molar-refractivity contribution in [2.75, 3.05) is 6.54 Å². The minimum Gasteiger partial charge on any atom is -0.386 e. The fourth-order valence-electron chi connectivity index (χ4n) is 2.30. The van der Waals surface area contributed by atoms with Crippen molar-refractivity contribution in [1.82, 2.24) is 0 Å². The second-order valence-corrected chi connectivity index (χ2v) is 6.19. The fraction of sp³-hybridized carbons (Fsp3) is 0.619. The predicted octanol–water partition coefficient (Wildman–Crippen LogP) is 5.77. The first-order valence-corrected chi connectivity index (χ1v) is 9.56. The van der Waals surface area contributed by atoms with E-state index in [1.54, 1.807) is 0 Å². The lowest BCUT2D eigenvalue weighted by atomic mass is 10.1. The highest BCUT2D eigenvalue weighted by Gasteiger charge is 2.09. The van der Waals surface area contributed by atoms with Crippen molar-refractivity contribution >= 4 is 0 Å². The summed E-state index contributed by atoms with van der Waals surface area (Å²) in [7, 11) is 0. The number of rotatable bonds is 16. The van der Waals surface area contributed by atoms with E-state index in [4.69, 9.17) is 0 Å². The number of aliphatic hydroxyl groups excluding tert-OH is 1. The Labute approximate surface area is 153 Å². The maximum atomic E-state index is 10.2. The van der Waals surface area contributed by atoms with E-state index in [1.165, 1.54) is 25.7 Å². The van der Waals surface area contributed by atoms with Gasteiger partial charge < -0.3 is 5.11 Å². The first kappa shape index (κ1) is 23.3. The van der Waals surface area contributed by atoms with Crippen LogP contribution in [0.1, 0.15) is 71.1 Å². The van der Waals surface area contributed by atoms with Gasteiger partial charge in [0.05, 0.1) is 0 Å². The summed E-state index contributed by atoms with van der Waals surface area (Å²) in [6.07, 6.45) is 26.7. The fourth-order valence-corrected chi connectivity index (χ4v) is 2.30. The second-order valence-electron chi connectivity index (χ2n) is 6.19. The molecule has 0 saturated carbocycles. The van der Waals surface area contributed by atoms with Crippen LogP contribution in [0.5, 0.6) is 0 Å². The van der Waals surface area contributed by atoms with Crippen LogP contribution in [-0.2, 0) is 0 Å². The molecule has 1 N–H and O–H groups in total. The molecule has 0 aromatic rings. The number of hydrogen-bond acceptors (Lipinski definition) is 3. The molecular weight excluding hydrogens is 314 g/mol. The van der Waals surface area contributed by atoms with Crippen molar-refractivity contribution in [3.63, 3.8) is 0 Å². The van der Waals surface area contributed by atoms with Crippen molar-refractivity contribution in [1.29, 1.82) is 0 Å². The molecule has 1 unspecified atom stereocenters. The van der Waals surface area contributed by atoms with Crippen LogP contribution in [-0.4, -0.2) is 22.7 Å². The van der Waals surface area contributed by atoms with E-state index >= 15 is 0 Å². The predicted molar refractivity (Wildman–Crippen MR) is 106 cm³/mol. The summed E-state index contributed by atoms with van der Waals surface area (Å²) in [5, 5.41) is 19.6. The van der Waals surface area contributed by atoms with Crippen molar-refractivity contribution in [3.05, 3.63) is 58.7 Å². The minimum atomic E-state index is -0.818. The Balaban J connectivity index is 3.47. The molecule has 4 nitrogen and oxygen atoms in total. The molecule has 1 atom stereocenters. The van der Waals surface area contributed by atoms with Crippen LogP contribution in [0.15, 0.2) is 48.6 Å². The van der Waals surface area contributed by atoms with E-state index in [0.717, 1.165) is 32.1 Å². The molecule has 142 valence electrons. The first-order valence-electron chi connectivity index (χ1n) is 9.56. The molecule has 0 aromatic heterocycles. The molecule has 4 heteroatoms. The van der Waals surface area contributed by atoms with Gasteiger partial charge >= 0.3 is 0 Å². The molecule has 0 spiro atoms. The van der Waals surface area contributed by atoms with Crippen LogP contribution in [0, 0.1) is 10.1 Å². The Bertz CT molecular complexity index is 425. The summed E-state index contributed by atoms with van der Waals surface area (Å²) in [6, 6.07) is 0. The number of nitro groups is 1. The third-order valence-electron chi connectivity index (χ3n) is 3.73. The summed E-state index contributed by atoms with van der Waals surface area (Å²) in [4.78, 5) is 9.74. The molecule has 0 amide bonds. The number of nitrogens with zero attached hydrogens (tertiary/aromatic N) is 1. The van der Waals surface area contributed by atoms with Gasteiger partial charge in [-0.25, -0.2) is 0 Å². The van der Waals surface area contributed by atoms with Gasteiger partial charge in [-0.15, -0.1) is 0 Å². The van der Waals surface area contributed by atoms with Gasteiger partial charge in [-0.1, -0.05) is 68.4 Å². The monoisotopic (exact) mass is 349 g/mol. The molecule has 25 heavy (non-hydrogen) atoms. The first-order chi connectivity index (χ1) is 12.2. The van der Waals surface area contributed by atoms with Gasteiger partial charge in [0.2, 0.25) is 6.54 Å². The summed E-state index contributed by atoms with van der Waals surface area (Å²) in [5.41, 5.74) is 0. The Hall–Kier alpha value is -1.68. The number of hydrogen-bond donors (Lipinski definition) is 1. The molecule has 0 aromatic carbocycles. The zero-order valence-electron chi connectivity index (χ0n) is 15.7. The van der Waals surface area contributed by atoms with Crippen molar-refractivity contribution in [3.8, 4) is 0 Å². The maximum absolute atomic E-state index is 10.2. The Morgan fingerprint density at radius 2 is 1.32 bits per heavy atom. The van der Waals surface area contributed by atoms with Gasteiger partial charge in [0.15, 0.2) is 0 Å². The topological polar surface area (TPSA) is 63.4 Å². The average molecular weight is 350 g/mol. The van der Waals surface area contributed by atoms with Crippen LogP contribution < -0.4 is 0 Å². The number of unbranched alkanes of at least 4 members (excludes halogenated alkanes) is 4. The molecule has 0 aliphatic carbocycles. The van der Waals surface area contributed by atoms with E-state index in [0.29, 0.717) is 6.42 Å². The van der Waals surface area contributed by atoms with E-state index in [-0.39, 0.29) is 6.54 Å². The Morgan fingerprint density at radius 1 is 0.840 bits per heavy atom. The second kappa shape index (κ2) is 18.7. The lowest BCUT2D eigenvalue weighted by molar-refractivity contribution is -0.490. The van der Waals surface area contributed by atoms with Crippen LogP contribution in [0.25, 0.3) is 0 Å². The number of aliphatic hydroxyl groups is 1. The number of allylic oxidation sites excluding steroid dienone is 8. The SMILES string of the molecule is CCCCC/C=C\C/C=C\C/C=C\C/C=C\CCCC(O)C[N+](=O)[O-]. The third kappa shape index (κ3) is 20.3. The van der Waals surface area contributed by atoms with Crippen LogP contribution in [0.4, 0.5) is 0 Å². The third-order valence-corrected chi connectivity index (χ3v) is 3.73. The van der Waals surface area contributed by atoms with Gasteiger partial charge in [0, 0.05) is 4.92 Å². The van der Waals surface area contributed by atoms with Crippen molar-refractivity contribution in [2.24, 2.45) is 0 Å². The van der Waals surface area contributed by atoms with Gasteiger partial charge in [-0.3, -0.25) is 10.1 Å². The highest BCUT2D eigenvalue weighted by atomic mass is 16.6. The molecule has 0 bridgehead atoms. The van der Waals surface area contributed by atoms with E-state index in [2.05, 4.69) is 55.5 Å². The molecule has 0 radical (unpaired) electrons. The summed E-state index contributed by atoms with van der Waals surface area (Å²) < 4.78 is 0. The smallest absolute Gasteiger partial charge is 0.229 e. The largest absolute Gasteiger partial charge is 0.386 e. The van der Waals surface area contributed by atoms with E-state index in [1.807, 2.05) is 0 Å². The standard InChI is InChI=1S/C21H35NO3/c1-2-3-4-5-6-7-8-9-10-11-12-13-14-15-16-17-18-19-21(23)20-22(24)25/h6-7,9-10,12-13,15-16,21,23H,2-5,8,11,14,17-20H2,1H3/b7-6-,10-9-,13-12-,16-15-. The zero-order chi connectivity index (χ0) is 18.6. The van der Waals surface area contributed by atoms with Gasteiger partial charge in [-0.2, -0.15) is 0 Å². The highest BCUT2D eigenvalue weighted by molar-refractivity contribution is 4.99. The Morgan fingerprint density at radius 3 is 1.80 bits per heavy atom. The normalized spacial score (nSPS) is 13.7. The quantitative estimate of drug-likeness (QED) is 0.166. The molecule has 0 rings (SSSR count). The van der Waals surface area contributed by atoms with Crippen LogP contribution in [0.3, 0.4) is 0 Å². The maximum Gasteiger partial charge on any atom is 0.229 e.